The maximum Gasteiger partial charge on any atom is 0.131 e. The first-order chi connectivity index (χ1) is 10.2. The second-order valence-corrected chi connectivity index (χ2v) is 6.47. The highest BCUT2D eigenvalue weighted by Crippen LogP contribution is 2.39. The molecule has 0 spiro atoms. The third-order valence-corrected chi connectivity index (χ3v) is 3.63. The summed E-state index contributed by atoms with van der Waals surface area (Å²) < 4.78 is 27.6. The van der Waals surface area contributed by atoms with Crippen molar-refractivity contribution in [1.29, 1.82) is 0 Å². The summed E-state index contributed by atoms with van der Waals surface area (Å²) in [4.78, 5) is 0. The molecule has 0 amide bonds. The molecule has 4 heteroatoms. The monoisotopic (exact) mass is 306 g/mol. The minimum Gasteiger partial charge on any atom is -0.392 e. The first-order valence-corrected chi connectivity index (χ1v) is 7.11. The fourth-order valence-electron chi connectivity index (χ4n) is 2.35. The highest BCUT2D eigenvalue weighted by atomic mass is 19.1. The quantitative estimate of drug-likeness (QED) is 0.892. The Bertz CT molecular complexity index is 675. The van der Waals surface area contributed by atoms with Crippen molar-refractivity contribution >= 4 is 0 Å². The van der Waals surface area contributed by atoms with Crippen LogP contribution in [-0.2, 0) is 6.61 Å². The van der Waals surface area contributed by atoms with E-state index >= 15 is 0 Å². The van der Waals surface area contributed by atoms with Crippen LogP contribution in [0.1, 0.15) is 38.0 Å². The van der Waals surface area contributed by atoms with E-state index in [1.807, 2.05) is 20.8 Å². The molecule has 2 rings (SSSR count). The summed E-state index contributed by atoms with van der Waals surface area (Å²) in [6.07, 6.45) is -0.878. The lowest BCUT2D eigenvalue weighted by atomic mass is 9.81. The molecule has 2 aromatic carbocycles. The van der Waals surface area contributed by atoms with Crippen molar-refractivity contribution in [3.8, 4) is 11.1 Å². The minimum absolute atomic E-state index is 0.0998. The minimum atomic E-state index is -0.878. The topological polar surface area (TPSA) is 40.5 Å². The number of halogens is 2. The Hall–Kier alpha value is -1.78. The van der Waals surface area contributed by atoms with E-state index in [1.54, 1.807) is 18.2 Å². The first kappa shape index (κ1) is 16.6. The molecule has 0 unspecified atom stereocenters. The Morgan fingerprint density at radius 3 is 2.27 bits per heavy atom. The Morgan fingerprint density at radius 2 is 1.68 bits per heavy atom. The lowest BCUT2D eigenvalue weighted by Gasteiger charge is -2.28. The second-order valence-electron chi connectivity index (χ2n) is 6.47. The van der Waals surface area contributed by atoms with Gasteiger partial charge in [0.15, 0.2) is 0 Å². The van der Waals surface area contributed by atoms with E-state index in [-0.39, 0.29) is 12.2 Å². The van der Waals surface area contributed by atoms with E-state index in [1.165, 1.54) is 0 Å². The highest BCUT2D eigenvalue weighted by molar-refractivity contribution is 5.69. The lowest BCUT2D eigenvalue weighted by molar-refractivity contribution is 0.0630. The van der Waals surface area contributed by atoms with E-state index in [0.717, 1.165) is 18.2 Å². The zero-order valence-electron chi connectivity index (χ0n) is 12.9. The molecule has 0 aliphatic heterocycles. The SMILES string of the molecule is CC(C)(C)[C@H](O)c1cc(CO)ccc1-c1cc(F)ccc1F. The second kappa shape index (κ2) is 6.15. The molecule has 118 valence electrons. The van der Waals surface area contributed by atoms with Crippen molar-refractivity contribution < 1.29 is 19.0 Å². The predicted octanol–water partition coefficient (Wildman–Crippen LogP) is 4.20. The normalized spacial score (nSPS) is 13.2. The van der Waals surface area contributed by atoms with Crippen LogP contribution in [0.4, 0.5) is 8.78 Å². The number of benzene rings is 2. The molecular weight excluding hydrogens is 286 g/mol. The van der Waals surface area contributed by atoms with Gasteiger partial charge in [0.05, 0.1) is 12.7 Å². The standard InChI is InChI=1S/C18H20F2O2/c1-18(2,3)17(22)15-8-11(10-21)4-6-13(15)14-9-12(19)5-7-16(14)20/h4-9,17,21-22H,10H2,1-3H3/t17-/m1/s1. The number of aliphatic hydroxyl groups excluding tert-OH is 2. The molecule has 0 saturated carbocycles. The molecule has 0 bridgehead atoms. The number of hydrogen-bond acceptors (Lipinski definition) is 2. The average Bonchev–Trinajstić information content (AvgIpc) is 2.47. The molecule has 0 aliphatic carbocycles. The molecular formula is C18H20F2O2. The van der Waals surface area contributed by atoms with E-state index in [4.69, 9.17) is 0 Å². The number of rotatable bonds is 3. The van der Waals surface area contributed by atoms with Gasteiger partial charge in [0, 0.05) is 5.56 Å². The van der Waals surface area contributed by atoms with Crippen LogP contribution < -0.4 is 0 Å². The summed E-state index contributed by atoms with van der Waals surface area (Å²) in [6, 6.07) is 8.11. The highest BCUT2D eigenvalue weighted by Gasteiger charge is 2.27. The van der Waals surface area contributed by atoms with Gasteiger partial charge in [-0.3, -0.25) is 0 Å². The summed E-state index contributed by atoms with van der Waals surface area (Å²) >= 11 is 0. The molecule has 0 heterocycles. The Balaban J connectivity index is 2.68. The van der Waals surface area contributed by atoms with Crippen LogP contribution in [0.5, 0.6) is 0 Å². The van der Waals surface area contributed by atoms with Gasteiger partial charge in [-0.15, -0.1) is 0 Å². The molecule has 22 heavy (non-hydrogen) atoms. The van der Waals surface area contributed by atoms with Gasteiger partial charge in [0.25, 0.3) is 0 Å². The van der Waals surface area contributed by atoms with Gasteiger partial charge in [-0.25, -0.2) is 8.78 Å². The molecule has 2 nitrogen and oxygen atoms in total. The van der Waals surface area contributed by atoms with Crippen LogP contribution in [0.15, 0.2) is 36.4 Å². The molecule has 0 fully saturated rings. The summed E-state index contributed by atoms with van der Waals surface area (Å²) in [5, 5.41) is 19.9. The molecule has 0 aromatic heterocycles. The number of hydrogen-bond donors (Lipinski definition) is 2. The summed E-state index contributed by atoms with van der Waals surface area (Å²) in [5.74, 6) is -1.10. The van der Waals surface area contributed by atoms with Crippen molar-refractivity contribution in [2.24, 2.45) is 5.41 Å². The molecule has 0 saturated heterocycles. The molecule has 2 aromatic rings. The smallest absolute Gasteiger partial charge is 0.131 e. The summed E-state index contributed by atoms with van der Waals surface area (Å²) in [7, 11) is 0. The lowest BCUT2D eigenvalue weighted by Crippen LogP contribution is -2.19. The Kier molecular flexibility index (Phi) is 4.63. The third kappa shape index (κ3) is 3.34. The van der Waals surface area contributed by atoms with Crippen LogP contribution >= 0.6 is 0 Å². The van der Waals surface area contributed by atoms with Gasteiger partial charge < -0.3 is 10.2 Å². The van der Waals surface area contributed by atoms with Gasteiger partial charge in [0.1, 0.15) is 11.6 Å². The molecule has 2 N–H and O–H groups in total. The van der Waals surface area contributed by atoms with Crippen molar-refractivity contribution in [2.75, 3.05) is 0 Å². The van der Waals surface area contributed by atoms with Crippen LogP contribution in [0, 0.1) is 17.0 Å². The van der Waals surface area contributed by atoms with E-state index in [2.05, 4.69) is 0 Å². The summed E-state index contributed by atoms with van der Waals surface area (Å²) in [5.41, 5.74) is 1.13. The van der Waals surface area contributed by atoms with Gasteiger partial charge in [-0.2, -0.15) is 0 Å². The first-order valence-electron chi connectivity index (χ1n) is 7.11. The largest absolute Gasteiger partial charge is 0.392 e. The van der Waals surface area contributed by atoms with Crippen LogP contribution in [0.3, 0.4) is 0 Å². The number of aliphatic hydroxyl groups is 2. The van der Waals surface area contributed by atoms with E-state index in [0.29, 0.717) is 16.7 Å². The Labute approximate surface area is 129 Å². The predicted molar refractivity (Wildman–Crippen MR) is 82.1 cm³/mol. The molecule has 1 atom stereocenters. The van der Waals surface area contributed by atoms with Gasteiger partial charge in [-0.1, -0.05) is 39.0 Å². The Morgan fingerprint density at radius 1 is 1.00 bits per heavy atom. The maximum atomic E-state index is 14.1. The van der Waals surface area contributed by atoms with Crippen molar-refractivity contribution in [3.05, 3.63) is 59.2 Å². The molecule has 0 aliphatic rings. The zero-order valence-corrected chi connectivity index (χ0v) is 12.9. The van der Waals surface area contributed by atoms with E-state index < -0.39 is 23.2 Å². The van der Waals surface area contributed by atoms with Crippen molar-refractivity contribution in [2.45, 2.75) is 33.5 Å². The van der Waals surface area contributed by atoms with Crippen LogP contribution in [0.2, 0.25) is 0 Å². The fourth-order valence-corrected chi connectivity index (χ4v) is 2.35. The zero-order chi connectivity index (χ0) is 16.5. The van der Waals surface area contributed by atoms with Gasteiger partial charge in [0.2, 0.25) is 0 Å². The van der Waals surface area contributed by atoms with Crippen molar-refractivity contribution in [3.63, 3.8) is 0 Å². The third-order valence-electron chi connectivity index (χ3n) is 3.63. The maximum absolute atomic E-state index is 14.1. The van der Waals surface area contributed by atoms with Gasteiger partial charge >= 0.3 is 0 Å². The van der Waals surface area contributed by atoms with Crippen LogP contribution in [-0.4, -0.2) is 10.2 Å². The fraction of sp³-hybridized carbons (Fsp3) is 0.333. The van der Waals surface area contributed by atoms with E-state index in [9.17, 15) is 19.0 Å². The molecule has 0 radical (unpaired) electrons. The van der Waals surface area contributed by atoms with Crippen LogP contribution in [0.25, 0.3) is 11.1 Å². The van der Waals surface area contributed by atoms with Crippen molar-refractivity contribution in [1.82, 2.24) is 0 Å². The summed E-state index contributed by atoms with van der Waals surface area (Å²) in [6.45, 7) is 5.38. The van der Waals surface area contributed by atoms with Gasteiger partial charge in [-0.05, 0) is 40.3 Å². The average molecular weight is 306 g/mol.